The van der Waals surface area contributed by atoms with Crippen LogP contribution < -0.4 is 5.32 Å². The summed E-state index contributed by atoms with van der Waals surface area (Å²) >= 11 is 0. The first-order chi connectivity index (χ1) is 9.64. The van der Waals surface area contributed by atoms with Gasteiger partial charge in [-0.2, -0.15) is 0 Å². The van der Waals surface area contributed by atoms with Crippen LogP contribution in [0.5, 0.6) is 0 Å². The molecule has 0 saturated heterocycles. The van der Waals surface area contributed by atoms with Crippen LogP contribution in [0.1, 0.15) is 24.8 Å². The van der Waals surface area contributed by atoms with E-state index in [9.17, 15) is 14.7 Å². The van der Waals surface area contributed by atoms with Crippen LogP contribution in [-0.4, -0.2) is 22.7 Å². The molecule has 0 aromatic heterocycles. The minimum absolute atomic E-state index is 0.0734. The van der Waals surface area contributed by atoms with Gasteiger partial charge in [0.25, 0.3) is 0 Å². The fraction of sp³-hybridized carbons (Fsp3) is 0.467. The highest BCUT2D eigenvalue weighted by atomic mass is 16.5. The smallest absolute Gasteiger partial charge is 0.408 e. The van der Waals surface area contributed by atoms with Crippen molar-refractivity contribution in [3.05, 3.63) is 35.9 Å². The lowest BCUT2D eigenvalue weighted by atomic mass is 10.1. The number of hydrogen-bond donors (Lipinski definition) is 2. The highest BCUT2D eigenvalue weighted by Gasteiger charge is 2.72. The molecule has 20 heavy (non-hydrogen) atoms. The van der Waals surface area contributed by atoms with Crippen molar-refractivity contribution in [2.24, 2.45) is 11.8 Å². The van der Waals surface area contributed by atoms with Crippen molar-refractivity contribution in [3.63, 3.8) is 0 Å². The molecule has 2 aliphatic carbocycles. The largest absolute Gasteiger partial charge is 0.479 e. The number of alkyl carbamates (subject to hydrolysis) is 1. The summed E-state index contributed by atoms with van der Waals surface area (Å²) in [5, 5.41) is 12.0. The number of fused-ring (bicyclic) bond motifs is 1. The van der Waals surface area contributed by atoms with Gasteiger partial charge in [0.05, 0.1) is 0 Å². The number of carbonyl (C=O) groups is 2. The number of aliphatic carboxylic acids is 1. The summed E-state index contributed by atoms with van der Waals surface area (Å²) < 4.78 is 5.11. The number of nitrogens with one attached hydrogen (secondary N) is 1. The zero-order valence-electron chi connectivity index (χ0n) is 11.0. The van der Waals surface area contributed by atoms with Crippen LogP contribution in [0.25, 0.3) is 0 Å². The number of benzene rings is 1. The standard InChI is InChI=1S/C15H17NO4/c17-13(18)15(11-7-4-8-12(11)15)16-14(19)20-9-10-5-2-1-3-6-10/h1-3,5-6,11-12H,4,7-9H2,(H,16,19)(H,17,18). The van der Waals surface area contributed by atoms with Gasteiger partial charge in [0.2, 0.25) is 0 Å². The van der Waals surface area contributed by atoms with E-state index >= 15 is 0 Å². The minimum atomic E-state index is -1.08. The molecule has 0 heterocycles. The van der Waals surface area contributed by atoms with Crippen molar-refractivity contribution in [1.29, 1.82) is 0 Å². The van der Waals surface area contributed by atoms with E-state index in [0.29, 0.717) is 0 Å². The second-order valence-electron chi connectivity index (χ2n) is 5.50. The monoisotopic (exact) mass is 275 g/mol. The van der Waals surface area contributed by atoms with Crippen LogP contribution in [0.3, 0.4) is 0 Å². The van der Waals surface area contributed by atoms with Crippen LogP contribution in [0, 0.1) is 11.8 Å². The van der Waals surface area contributed by atoms with Crippen molar-refractivity contribution < 1.29 is 19.4 Å². The molecular formula is C15H17NO4. The molecule has 1 aromatic carbocycles. The third kappa shape index (κ3) is 2.03. The number of amides is 1. The van der Waals surface area contributed by atoms with E-state index in [-0.39, 0.29) is 18.4 Å². The zero-order chi connectivity index (χ0) is 14.2. The number of carboxylic acid groups (broad SMARTS) is 1. The number of carboxylic acids is 1. The molecular weight excluding hydrogens is 258 g/mol. The van der Waals surface area contributed by atoms with Crippen LogP contribution in [-0.2, 0) is 16.1 Å². The lowest BCUT2D eigenvalue weighted by Gasteiger charge is -2.17. The van der Waals surface area contributed by atoms with Crippen molar-refractivity contribution in [2.45, 2.75) is 31.4 Å². The molecule has 2 aliphatic rings. The van der Waals surface area contributed by atoms with Gasteiger partial charge in [-0.25, -0.2) is 9.59 Å². The van der Waals surface area contributed by atoms with Gasteiger partial charge >= 0.3 is 12.1 Å². The average molecular weight is 275 g/mol. The molecule has 0 spiro atoms. The predicted molar refractivity (Wildman–Crippen MR) is 71.0 cm³/mol. The number of ether oxygens (including phenoxy) is 1. The first kappa shape index (κ1) is 13.0. The molecule has 0 aliphatic heterocycles. The Hall–Kier alpha value is -2.04. The molecule has 2 unspecified atom stereocenters. The van der Waals surface area contributed by atoms with E-state index in [1.54, 1.807) is 0 Å². The Morgan fingerprint density at radius 2 is 1.90 bits per heavy atom. The topological polar surface area (TPSA) is 75.6 Å². The SMILES string of the molecule is O=C(NC1(C(=O)O)C2CCCC21)OCc1ccccc1. The van der Waals surface area contributed by atoms with E-state index in [2.05, 4.69) is 5.32 Å². The van der Waals surface area contributed by atoms with Gasteiger partial charge in [-0.1, -0.05) is 36.8 Å². The van der Waals surface area contributed by atoms with Gasteiger partial charge in [0, 0.05) is 0 Å². The number of rotatable bonds is 4. The highest BCUT2D eigenvalue weighted by molar-refractivity contribution is 5.89. The van der Waals surface area contributed by atoms with Crippen LogP contribution >= 0.6 is 0 Å². The normalized spacial score (nSPS) is 30.4. The van der Waals surface area contributed by atoms with Crippen molar-refractivity contribution >= 4 is 12.1 Å². The Bertz CT molecular complexity index is 518. The lowest BCUT2D eigenvalue weighted by Crippen LogP contribution is -2.47. The summed E-state index contributed by atoms with van der Waals surface area (Å²) in [6, 6.07) is 9.31. The van der Waals surface area contributed by atoms with Gasteiger partial charge in [-0.15, -0.1) is 0 Å². The van der Waals surface area contributed by atoms with Gasteiger partial charge < -0.3 is 15.2 Å². The molecule has 1 aromatic rings. The van der Waals surface area contributed by atoms with E-state index in [0.717, 1.165) is 24.8 Å². The molecule has 3 rings (SSSR count). The van der Waals surface area contributed by atoms with Gasteiger partial charge in [-0.3, -0.25) is 0 Å². The fourth-order valence-electron chi connectivity index (χ4n) is 3.44. The molecule has 5 heteroatoms. The summed E-state index contributed by atoms with van der Waals surface area (Å²) in [7, 11) is 0. The Morgan fingerprint density at radius 1 is 1.25 bits per heavy atom. The van der Waals surface area contributed by atoms with Crippen molar-refractivity contribution in [3.8, 4) is 0 Å². The maximum absolute atomic E-state index is 11.8. The second-order valence-corrected chi connectivity index (χ2v) is 5.50. The number of carbonyl (C=O) groups excluding carboxylic acids is 1. The second kappa shape index (κ2) is 4.81. The lowest BCUT2D eigenvalue weighted by molar-refractivity contribution is -0.141. The van der Waals surface area contributed by atoms with E-state index in [4.69, 9.17) is 4.74 Å². The zero-order valence-corrected chi connectivity index (χ0v) is 11.0. The van der Waals surface area contributed by atoms with E-state index in [1.807, 2.05) is 30.3 Å². The highest BCUT2D eigenvalue weighted by Crippen LogP contribution is 2.60. The minimum Gasteiger partial charge on any atom is -0.479 e. The number of hydrogen-bond acceptors (Lipinski definition) is 3. The van der Waals surface area contributed by atoms with Crippen LogP contribution in [0.15, 0.2) is 30.3 Å². The first-order valence-corrected chi connectivity index (χ1v) is 6.87. The van der Waals surface area contributed by atoms with E-state index < -0.39 is 17.6 Å². The maximum atomic E-state index is 11.8. The van der Waals surface area contributed by atoms with Gasteiger partial charge in [-0.05, 0) is 30.2 Å². The average Bonchev–Trinajstić information content (AvgIpc) is 2.84. The van der Waals surface area contributed by atoms with Crippen LogP contribution in [0.4, 0.5) is 4.79 Å². The summed E-state index contributed by atoms with van der Waals surface area (Å²) in [4.78, 5) is 23.2. The Labute approximate surface area is 116 Å². The molecule has 2 saturated carbocycles. The molecule has 0 bridgehead atoms. The van der Waals surface area contributed by atoms with Crippen molar-refractivity contribution in [2.75, 3.05) is 0 Å². The molecule has 106 valence electrons. The molecule has 5 nitrogen and oxygen atoms in total. The summed E-state index contributed by atoms with van der Waals surface area (Å²) in [5.74, 6) is -0.794. The van der Waals surface area contributed by atoms with Crippen molar-refractivity contribution in [1.82, 2.24) is 5.32 Å². The Morgan fingerprint density at radius 3 is 2.50 bits per heavy atom. The third-order valence-corrected chi connectivity index (χ3v) is 4.45. The summed E-state index contributed by atoms with van der Waals surface area (Å²) in [6.07, 6.45) is 2.14. The summed E-state index contributed by atoms with van der Waals surface area (Å²) in [6.45, 7) is 0.151. The third-order valence-electron chi connectivity index (χ3n) is 4.45. The molecule has 2 N–H and O–H groups in total. The molecule has 0 radical (unpaired) electrons. The van der Waals surface area contributed by atoms with Gasteiger partial charge in [0.1, 0.15) is 12.1 Å². The molecule has 2 atom stereocenters. The van der Waals surface area contributed by atoms with E-state index in [1.165, 1.54) is 0 Å². The quantitative estimate of drug-likeness (QED) is 0.883. The predicted octanol–water partition coefficient (Wildman–Crippen LogP) is 2.17. The molecule has 2 fully saturated rings. The Kier molecular flexibility index (Phi) is 3.12. The van der Waals surface area contributed by atoms with Gasteiger partial charge in [0.15, 0.2) is 0 Å². The molecule has 1 amide bonds. The van der Waals surface area contributed by atoms with Crippen LogP contribution in [0.2, 0.25) is 0 Å². The first-order valence-electron chi connectivity index (χ1n) is 6.87. The Balaban J connectivity index is 1.57. The maximum Gasteiger partial charge on any atom is 0.408 e. The fourth-order valence-corrected chi connectivity index (χ4v) is 3.44. The summed E-state index contributed by atoms with van der Waals surface area (Å²) in [5.41, 5.74) is -0.200.